The first-order chi connectivity index (χ1) is 17.5. The summed E-state index contributed by atoms with van der Waals surface area (Å²) in [5.74, 6) is 2.11. The van der Waals surface area contributed by atoms with Gasteiger partial charge in [-0.2, -0.15) is 0 Å². The van der Waals surface area contributed by atoms with Gasteiger partial charge in [0.05, 0.1) is 35.3 Å². The van der Waals surface area contributed by atoms with E-state index in [-0.39, 0.29) is 11.5 Å². The molecule has 0 aliphatic heterocycles. The van der Waals surface area contributed by atoms with Gasteiger partial charge in [0.2, 0.25) is 0 Å². The monoisotopic (exact) mass is 518 g/mol. The van der Waals surface area contributed by atoms with Crippen LogP contribution >= 0.6 is 23.2 Å². The van der Waals surface area contributed by atoms with E-state index in [1.807, 2.05) is 48.5 Å². The fourth-order valence-electron chi connectivity index (χ4n) is 3.94. The van der Waals surface area contributed by atoms with Crippen molar-refractivity contribution in [2.75, 3.05) is 19.5 Å². The maximum absolute atomic E-state index is 12.7. The molecule has 0 unspecified atom stereocenters. The molecule has 0 aliphatic carbocycles. The third kappa shape index (κ3) is 4.61. The minimum absolute atomic E-state index is 0.239. The first-order valence-electron chi connectivity index (χ1n) is 10.9. The number of amides is 1. The standard InChI is InChI=1S/C28H20Cl2N2O4/c1-34-25-14-20-23(15-26(25)35-2)31-11-10-24(20)36-19-9-7-16-12-18(8-6-17(16)13-19)32-28(33)27-21(29)4-3-5-22(27)30/h3-15H,1-2H3,(H,32,33). The number of nitrogens with one attached hydrogen (secondary N) is 1. The molecule has 0 atom stereocenters. The van der Waals surface area contributed by atoms with Crippen LogP contribution in [0.1, 0.15) is 10.4 Å². The van der Waals surface area contributed by atoms with Gasteiger partial charge in [-0.15, -0.1) is 0 Å². The van der Waals surface area contributed by atoms with Crippen LogP contribution in [0.15, 0.2) is 79.0 Å². The lowest BCUT2D eigenvalue weighted by Crippen LogP contribution is -2.13. The summed E-state index contributed by atoms with van der Waals surface area (Å²) in [5, 5.41) is 6.11. The quantitative estimate of drug-likeness (QED) is 0.248. The lowest BCUT2D eigenvalue weighted by molar-refractivity contribution is 0.102. The zero-order valence-electron chi connectivity index (χ0n) is 19.3. The number of carbonyl (C=O) groups is 1. The molecule has 6 nitrogen and oxygen atoms in total. The fraction of sp³-hybridized carbons (Fsp3) is 0.0714. The van der Waals surface area contributed by atoms with Gasteiger partial charge < -0.3 is 19.5 Å². The van der Waals surface area contributed by atoms with Gasteiger partial charge in [0.25, 0.3) is 5.91 Å². The lowest BCUT2D eigenvalue weighted by Gasteiger charge is -2.13. The number of halogens is 2. The van der Waals surface area contributed by atoms with Gasteiger partial charge in [-0.05, 0) is 59.3 Å². The average Bonchev–Trinajstić information content (AvgIpc) is 2.88. The largest absolute Gasteiger partial charge is 0.493 e. The van der Waals surface area contributed by atoms with Crippen molar-refractivity contribution in [3.05, 3.63) is 94.6 Å². The highest BCUT2D eigenvalue weighted by Gasteiger charge is 2.15. The lowest BCUT2D eigenvalue weighted by atomic mass is 10.1. The van der Waals surface area contributed by atoms with Gasteiger partial charge in [0, 0.05) is 23.3 Å². The average molecular weight is 519 g/mol. The number of carbonyl (C=O) groups excluding carboxylic acids is 1. The van der Waals surface area contributed by atoms with Crippen molar-refractivity contribution in [3.8, 4) is 23.0 Å². The summed E-state index contributed by atoms with van der Waals surface area (Å²) >= 11 is 12.3. The molecule has 0 aliphatic rings. The predicted molar refractivity (Wildman–Crippen MR) is 143 cm³/mol. The van der Waals surface area contributed by atoms with Crippen LogP contribution in [0.25, 0.3) is 21.7 Å². The SMILES string of the molecule is COc1cc2nccc(Oc3ccc4cc(NC(=O)c5c(Cl)cccc5Cl)ccc4c3)c2cc1OC. The Morgan fingerprint density at radius 3 is 2.25 bits per heavy atom. The van der Waals surface area contributed by atoms with E-state index in [2.05, 4.69) is 10.3 Å². The number of rotatable bonds is 6. The highest BCUT2D eigenvalue weighted by molar-refractivity contribution is 6.40. The highest BCUT2D eigenvalue weighted by Crippen LogP contribution is 2.37. The molecule has 0 bridgehead atoms. The number of fused-ring (bicyclic) bond motifs is 2. The highest BCUT2D eigenvalue weighted by atomic mass is 35.5. The van der Waals surface area contributed by atoms with Crippen LogP contribution in [0.5, 0.6) is 23.0 Å². The number of benzene rings is 4. The molecule has 4 aromatic carbocycles. The maximum Gasteiger partial charge on any atom is 0.258 e. The summed E-state index contributed by atoms with van der Waals surface area (Å²) in [6.07, 6.45) is 1.69. The van der Waals surface area contributed by atoms with E-state index in [1.54, 1.807) is 44.7 Å². The van der Waals surface area contributed by atoms with Crippen molar-refractivity contribution in [1.29, 1.82) is 0 Å². The summed E-state index contributed by atoms with van der Waals surface area (Å²) in [7, 11) is 3.17. The minimum Gasteiger partial charge on any atom is -0.493 e. The summed E-state index contributed by atoms with van der Waals surface area (Å²) in [6.45, 7) is 0. The Bertz CT molecular complexity index is 1600. The third-order valence-corrected chi connectivity index (χ3v) is 6.32. The molecule has 0 saturated carbocycles. The maximum atomic E-state index is 12.7. The molecule has 180 valence electrons. The van der Waals surface area contributed by atoms with Crippen molar-refractivity contribution >= 4 is 56.5 Å². The number of ether oxygens (including phenoxy) is 3. The second-order valence-electron chi connectivity index (χ2n) is 7.91. The summed E-state index contributed by atoms with van der Waals surface area (Å²) in [5.41, 5.74) is 1.59. The first-order valence-corrected chi connectivity index (χ1v) is 11.7. The van der Waals surface area contributed by atoms with Gasteiger partial charge in [0.15, 0.2) is 11.5 Å². The molecule has 0 radical (unpaired) electrons. The van der Waals surface area contributed by atoms with Crippen LogP contribution in [-0.4, -0.2) is 25.1 Å². The van der Waals surface area contributed by atoms with Gasteiger partial charge in [-0.1, -0.05) is 41.4 Å². The van der Waals surface area contributed by atoms with Gasteiger partial charge in [-0.3, -0.25) is 9.78 Å². The van der Waals surface area contributed by atoms with Crippen LogP contribution in [0, 0.1) is 0 Å². The van der Waals surface area contributed by atoms with E-state index >= 15 is 0 Å². The molecule has 0 fully saturated rings. The zero-order valence-corrected chi connectivity index (χ0v) is 20.9. The number of aromatic nitrogens is 1. The molecule has 0 spiro atoms. The Balaban J connectivity index is 1.41. The second-order valence-corrected chi connectivity index (χ2v) is 8.72. The molecule has 8 heteroatoms. The van der Waals surface area contributed by atoms with E-state index < -0.39 is 0 Å². The Hall–Kier alpha value is -4.00. The fourth-order valence-corrected chi connectivity index (χ4v) is 4.51. The van der Waals surface area contributed by atoms with Gasteiger partial charge >= 0.3 is 0 Å². The summed E-state index contributed by atoms with van der Waals surface area (Å²) in [4.78, 5) is 17.1. The second kappa shape index (κ2) is 9.93. The van der Waals surface area contributed by atoms with E-state index in [0.29, 0.717) is 38.7 Å². The van der Waals surface area contributed by atoms with Crippen molar-refractivity contribution < 1.29 is 19.0 Å². The van der Waals surface area contributed by atoms with E-state index in [9.17, 15) is 4.79 Å². The Kier molecular flexibility index (Phi) is 6.55. The van der Waals surface area contributed by atoms with E-state index in [4.69, 9.17) is 37.4 Å². The summed E-state index contributed by atoms with van der Waals surface area (Å²) < 4.78 is 17.0. The molecule has 1 heterocycles. The molecule has 5 aromatic rings. The molecule has 36 heavy (non-hydrogen) atoms. The van der Waals surface area contributed by atoms with Crippen molar-refractivity contribution in [1.82, 2.24) is 4.98 Å². The molecule has 1 amide bonds. The molecule has 0 saturated heterocycles. The van der Waals surface area contributed by atoms with Crippen LogP contribution in [0.2, 0.25) is 10.0 Å². The molecule has 5 rings (SSSR count). The van der Waals surface area contributed by atoms with E-state index in [1.165, 1.54) is 0 Å². The van der Waals surface area contributed by atoms with Crippen LogP contribution in [0.3, 0.4) is 0 Å². The van der Waals surface area contributed by atoms with Crippen molar-refractivity contribution in [3.63, 3.8) is 0 Å². The Labute approximate surface area is 217 Å². The molecule has 1 aromatic heterocycles. The van der Waals surface area contributed by atoms with Crippen LogP contribution in [0.4, 0.5) is 5.69 Å². The zero-order chi connectivity index (χ0) is 25.2. The van der Waals surface area contributed by atoms with Crippen LogP contribution in [-0.2, 0) is 0 Å². The molecular formula is C28H20Cl2N2O4. The number of pyridine rings is 1. The number of nitrogens with zero attached hydrogens (tertiary/aromatic N) is 1. The van der Waals surface area contributed by atoms with Crippen LogP contribution < -0.4 is 19.5 Å². The van der Waals surface area contributed by atoms with E-state index in [0.717, 1.165) is 21.7 Å². The first kappa shape index (κ1) is 23.7. The Morgan fingerprint density at radius 2 is 1.50 bits per heavy atom. The van der Waals surface area contributed by atoms with Gasteiger partial charge in [0.1, 0.15) is 11.5 Å². The number of methoxy groups -OCH3 is 2. The van der Waals surface area contributed by atoms with Gasteiger partial charge in [-0.25, -0.2) is 0 Å². The minimum atomic E-state index is -0.374. The smallest absolute Gasteiger partial charge is 0.258 e. The predicted octanol–water partition coefficient (Wildman–Crippen LogP) is 7.76. The normalized spacial score (nSPS) is 10.9. The topological polar surface area (TPSA) is 69.7 Å². The molecular weight excluding hydrogens is 499 g/mol. The number of anilines is 1. The van der Waals surface area contributed by atoms with Crippen molar-refractivity contribution in [2.24, 2.45) is 0 Å². The summed E-state index contributed by atoms with van der Waals surface area (Å²) in [6, 6.07) is 21.7. The Morgan fingerprint density at radius 1 is 0.806 bits per heavy atom. The number of hydrogen-bond donors (Lipinski definition) is 1. The van der Waals surface area contributed by atoms with Crippen molar-refractivity contribution in [2.45, 2.75) is 0 Å². The molecule has 1 N–H and O–H groups in total. The third-order valence-electron chi connectivity index (χ3n) is 5.69. The number of hydrogen-bond acceptors (Lipinski definition) is 5.